The molecule has 3 saturated heterocycles. The summed E-state index contributed by atoms with van der Waals surface area (Å²) in [6, 6.07) is 10.5. The van der Waals surface area contributed by atoms with Gasteiger partial charge in [0.1, 0.15) is 17.5 Å². The van der Waals surface area contributed by atoms with Gasteiger partial charge in [-0.2, -0.15) is 5.26 Å². The second-order valence-corrected chi connectivity index (χ2v) is 13.3. The fourth-order valence-corrected chi connectivity index (χ4v) is 6.16. The fraction of sp³-hybridized carbons (Fsp3) is 0.500. The highest BCUT2D eigenvalue weighted by molar-refractivity contribution is 5.90. The van der Waals surface area contributed by atoms with E-state index in [2.05, 4.69) is 21.3 Å². The molecule has 4 atom stereocenters. The number of anilines is 1. The van der Waals surface area contributed by atoms with Crippen LogP contribution in [-0.2, 0) is 14.3 Å². The van der Waals surface area contributed by atoms with Gasteiger partial charge >= 0.3 is 12.2 Å². The third-order valence-electron chi connectivity index (χ3n) is 8.75. The molecule has 4 aliphatic rings. The third-order valence-corrected chi connectivity index (χ3v) is 8.75. The molecule has 14 heteroatoms. The lowest BCUT2D eigenvalue weighted by atomic mass is 10.1. The number of piperazine rings is 1. The molecular weight excluding hydrogens is 619 g/mol. The zero-order chi connectivity index (χ0) is 34.4. The van der Waals surface area contributed by atoms with E-state index in [0.717, 1.165) is 13.1 Å². The maximum atomic E-state index is 14.4. The van der Waals surface area contributed by atoms with Gasteiger partial charge in [-0.05, 0) is 56.9 Å². The summed E-state index contributed by atoms with van der Waals surface area (Å²) in [4.78, 5) is 47.5. The fourth-order valence-electron chi connectivity index (χ4n) is 6.16. The summed E-state index contributed by atoms with van der Waals surface area (Å²) in [5, 5.41) is 11.9. The predicted molar refractivity (Wildman–Crippen MR) is 175 cm³/mol. The molecule has 4 heterocycles. The minimum atomic E-state index is -0.493. The van der Waals surface area contributed by atoms with Crippen molar-refractivity contribution in [2.24, 2.45) is 23.5 Å². The van der Waals surface area contributed by atoms with Crippen molar-refractivity contribution in [3.63, 3.8) is 0 Å². The topological polar surface area (TPSA) is 157 Å². The van der Waals surface area contributed by atoms with E-state index in [1.165, 1.54) is 17.2 Å². The number of carbonyl (C=O) groups is 3. The number of piperidine rings is 1. The molecule has 3 aliphatic heterocycles. The van der Waals surface area contributed by atoms with Gasteiger partial charge in [0.2, 0.25) is 5.91 Å². The first-order valence-electron chi connectivity index (χ1n) is 16.1. The number of likely N-dealkylation sites (tertiary alicyclic amines) is 1. The van der Waals surface area contributed by atoms with Gasteiger partial charge < -0.3 is 30.3 Å². The van der Waals surface area contributed by atoms with E-state index in [-0.39, 0.29) is 24.0 Å². The van der Waals surface area contributed by atoms with Gasteiger partial charge in [0.05, 0.1) is 37.3 Å². The van der Waals surface area contributed by atoms with Crippen LogP contribution in [0.5, 0.6) is 0 Å². The Bertz CT molecular complexity index is 1520. The highest BCUT2D eigenvalue weighted by Crippen LogP contribution is 2.51. The maximum absolute atomic E-state index is 14.4. The molecule has 256 valence electrons. The Labute approximate surface area is 280 Å². The molecule has 1 aliphatic carbocycles. The molecule has 3 amide bonds. The average Bonchev–Trinajstić information content (AvgIpc) is 3.32. The number of ether oxygens (including phenoxy) is 2. The number of hydrogen-bond donors (Lipinski definition) is 2. The van der Waals surface area contributed by atoms with Gasteiger partial charge in [0.25, 0.3) is 0 Å². The Morgan fingerprint density at radius 2 is 1.88 bits per heavy atom. The lowest BCUT2D eigenvalue weighted by Gasteiger charge is -2.35. The summed E-state index contributed by atoms with van der Waals surface area (Å²) in [5.74, 6) is 0.711. The van der Waals surface area contributed by atoms with E-state index in [1.807, 2.05) is 25.7 Å². The molecule has 4 fully saturated rings. The summed E-state index contributed by atoms with van der Waals surface area (Å²) in [7, 11) is 0. The van der Waals surface area contributed by atoms with Crippen molar-refractivity contribution >= 4 is 23.8 Å². The molecular formula is C34H43FN8O5. The molecule has 2 unspecified atom stereocenters. The van der Waals surface area contributed by atoms with Crippen LogP contribution >= 0.6 is 0 Å². The first-order chi connectivity index (χ1) is 23.0. The number of hydrogen-bond acceptors (Lipinski definition) is 10. The quantitative estimate of drug-likeness (QED) is 0.452. The van der Waals surface area contributed by atoms with E-state index in [9.17, 15) is 18.8 Å². The number of rotatable bonds is 7. The first kappa shape index (κ1) is 34.4. The molecule has 0 spiro atoms. The predicted octanol–water partition coefficient (Wildman–Crippen LogP) is 3.00. The van der Waals surface area contributed by atoms with Gasteiger partial charge in [0, 0.05) is 75.2 Å². The number of aromatic nitrogens is 1. The van der Waals surface area contributed by atoms with Crippen molar-refractivity contribution in [3.8, 4) is 17.2 Å². The van der Waals surface area contributed by atoms with E-state index in [1.54, 1.807) is 47.8 Å². The maximum Gasteiger partial charge on any atom is 0.414 e. The summed E-state index contributed by atoms with van der Waals surface area (Å²) in [5.41, 5.74) is 6.32. The average molecular weight is 663 g/mol. The lowest BCUT2D eigenvalue weighted by molar-refractivity contribution is -0.132. The van der Waals surface area contributed by atoms with Gasteiger partial charge in [-0.1, -0.05) is 6.07 Å². The number of benzene rings is 1. The monoisotopic (exact) mass is 662 g/mol. The Kier molecular flexibility index (Phi) is 10.7. The van der Waals surface area contributed by atoms with Crippen LogP contribution in [0.15, 0.2) is 55.1 Å². The van der Waals surface area contributed by atoms with Crippen molar-refractivity contribution < 1.29 is 28.2 Å². The minimum absolute atomic E-state index is 0.143. The molecule has 0 bridgehead atoms. The normalized spacial score (nSPS) is 23.6. The summed E-state index contributed by atoms with van der Waals surface area (Å²) < 4.78 is 25.0. The van der Waals surface area contributed by atoms with Crippen molar-refractivity contribution in [3.05, 3.63) is 60.9 Å². The van der Waals surface area contributed by atoms with Crippen molar-refractivity contribution in [2.75, 3.05) is 63.8 Å². The van der Waals surface area contributed by atoms with Crippen LogP contribution < -0.4 is 16.0 Å². The molecule has 1 aromatic carbocycles. The van der Waals surface area contributed by atoms with E-state index >= 15 is 0 Å². The molecule has 13 nitrogen and oxygen atoms in total. The first-order valence-corrected chi connectivity index (χ1v) is 16.1. The van der Waals surface area contributed by atoms with Crippen LogP contribution in [-0.4, -0.2) is 108 Å². The Morgan fingerprint density at radius 3 is 2.48 bits per heavy atom. The zero-order valence-corrected chi connectivity index (χ0v) is 27.5. The van der Waals surface area contributed by atoms with E-state index < -0.39 is 17.5 Å². The number of nitrogens with zero attached hydrogens (tertiary/aromatic N) is 6. The number of pyridine rings is 1. The number of amides is 3. The largest absolute Gasteiger partial charge is 0.444 e. The Morgan fingerprint density at radius 1 is 1.15 bits per heavy atom. The summed E-state index contributed by atoms with van der Waals surface area (Å²) >= 11 is 0. The van der Waals surface area contributed by atoms with Crippen LogP contribution in [0, 0.1) is 34.9 Å². The number of carbonyl (C=O) groups excluding carboxylic acids is 3. The summed E-state index contributed by atoms with van der Waals surface area (Å²) in [6.45, 7) is 10.8. The highest BCUT2D eigenvalue weighted by atomic mass is 19.1. The van der Waals surface area contributed by atoms with Crippen molar-refractivity contribution in [1.29, 1.82) is 5.26 Å². The molecule has 48 heavy (non-hydrogen) atoms. The van der Waals surface area contributed by atoms with Crippen LogP contribution in [0.4, 0.5) is 19.7 Å². The summed E-state index contributed by atoms with van der Waals surface area (Å²) in [6.07, 6.45) is 5.05. The van der Waals surface area contributed by atoms with Gasteiger partial charge in [-0.25, -0.2) is 14.0 Å². The number of cyclic esters (lactones) is 1. The zero-order valence-electron chi connectivity index (χ0n) is 27.5. The van der Waals surface area contributed by atoms with Gasteiger partial charge in [-0.15, -0.1) is 0 Å². The van der Waals surface area contributed by atoms with E-state index in [0.29, 0.717) is 74.5 Å². The minimum Gasteiger partial charge on any atom is -0.444 e. The van der Waals surface area contributed by atoms with Crippen LogP contribution in [0.3, 0.4) is 0 Å². The molecule has 2 aromatic rings. The number of halogens is 1. The smallest absolute Gasteiger partial charge is 0.414 e. The van der Waals surface area contributed by atoms with Gasteiger partial charge in [-0.3, -0.25) is 19.6 Å². The Balaban J connectivity index is 0.000000188. The van der Waals surface area contributed by atoms with Gasteiger partial charge in [0.15, 0.2) is 0 Å². The number of nitrogens with two attached hydrogens (primary N) is 1. The number of nitrogens with one attached hydrogen (secondary N) is 1. The molecule has 3 N–H and O–H groups in total. The number of fused-ring (bicyclic) bond motifs is 1. The third kappa shape index (κ3) is 8.51. The molecule has 0 radical (unpaired) electrons. The molecule has 6 rings (SSSR count). The highest BCUT2D eigenvalue weighted by Gasteiger charge is 2.57. The second kappa shape index (κ2) is 14.9. The van der Waals surface area contributed by atoms with Crippen LogP contribution in [0.25, 0.3) is 11.1 Å². The van der Waals surface area contributed by atoms with Crippen molar-refractivity contribution in [1.82, 2.24) is 25.0 Å². The SMILES string of the molecule is CC(C)(C)OC(=O)N1CCN(CC(=O)N2C[C@@H]3C(C#N)[C@@H]3C2)CC1.N/C=C\NCC1CN(c2ccc(-c3cccnc3)c(F)c2)C(=O)O1. The molecule has 1 saturated carbocycles. The molecule has 1 aromatic heterocycles. The Hall–Kier alpha value is -4.90. The van der Waals surface area contributed by atoms with Crippen LogP contribution in [0.1, 0.15) is 20.8 Å². The number of nitriles is 1. The van der Waals surface area contributed by atoms with E-state index in [4.69, 9.17) is 20.5 Å². The second-order valence-electron chi connectivity index (χ2n) is 13.3. The van der Waals surface area contributed by atoms with Crippen molar-refractivity contribution in [2.45, 2.75) is 32.5 Å². The standard InChI is InChI=1S/C17H17FN4O2.C17H26N4O3/c18-16-8-13(3-4-15(16)12-2-1-6-20-9-12)22-11-14(24-17(22)23)10-21-7-5-19;1-17(2,3)24-16(23)20-6-4-19(5-7-20)11-15(22)21-9-13-12(8-18)14(13)10-21/h1-9,14,21H,10-11,19H2;12-14H,4-7,9-11H2,1-3H3/b7-5-;/t;12?,13-,14+. The lowest BCUT2D eigenvalue weighted by Crippen LogP contribution is -2.52. The van der Waals surface area contributed by atoms with Crippen LogP contribution in [0.2, 0.25) is 0 Å².